The van der Waals surface area contributed by atoms with Crippen LogP contribution in [0.2, 0.25) is 0 Å². The van der Waals surface area contributed by atoms with Gasteiger partial charge >= 0.3 is 0 Å². The molecule has 0 aliphatic carbocycles. The molecule has 160 valence electrons. The lowest BCUT2D eigenvalue weighted by atomic mass is 10.1. The van der Waals surface area contributed by atoms with Crippen molar-refractivity contribution in [2.75, 3.05) is 0 Å². The predicted molar refractivity (Wildman–Crippen MR) is 105 cm³/mol. The fourth-order valence-electron chi connectivity index (χ4n) is 3.19. The number of carbonyl (C=O) groups is 1. The van der Waals surface area contributed by atoms with Gasteiger partial charge < -0.3 is 9.88 Å². The molecule has 0 fully saturated rings. The molecule has 0 aliphatic heterocycles. The van der Waals surface area contributed by atoms with E-state index in [1.54, 1.807) is 6.92 Å². The van der Waals surface area contributed by atoms with E-state index in [4.69, 9.17) is 0 Å². The minimum absolute atomic E-state index is 0.198. The maximum Gasteiger partial charge on any atom is 0.280 e. The summed E-state index contributed by atoms with van der Waals surface area (Å²) in [5, 5.41) is 6.57. The summed E-state index contributed by atoms with van der Waals surface area (Å²) in [6, 6.07) is 12.6. The lowest BCUT2D eigenvalue weighted by molar-refractivity contribution is 0.0933. The van der Waals surface area contributed by atoms with Crippen molar-refractivity contribution in [1.82, 2.24) is 24.5 Å². The minimum Gasteiger partial charge on any atom is -0.344 e. The summed E-state index contributed by atoms with van der Waals surface area (Å²) in [7, 11) is 0. The Morgan fingerprint density at radius 1 is 1.00 bits per heavy atom. The largest absolute Gasteiger partial charge is 0.344 e. The standard InChI is InChI=1S/C21H17F4N5O/c1-12(13-4-6-14(7-5-13)29-8-2-3-9-29)26-21(31)16-11-18-27-15(19(22)23)10-17(20(24)25)30(18)28-16/h2-12,19-20H,1H3,(H,26,31). The van der Waals surface area contributed by atoms with Gasteiger partial charge in [-0.2, -0.15) is 5.10 Å². The molecule has 3 heterocycles. The molecule has 1 unspecified atom stereocenters. The Hall–Kier alpha value is -3.69. The van der Waals surface area contributed by atoms with Gasteiger partial charge in [0.1, 0.15) is 11.4 Å². The molecule has 0 aliphatic rings. The number of alkyl halides is 4. The average molecular weight is 431 g/mol. The van der Waals surface area contributed by atoms with E-state index in [9.17, 15) is 22.4 Å². The van der Waals surface area contributed by atoms with Crippen molar-refractivity contribution >= 4 is 11.6 Å². The maximum absolute atomic E-state index is 13.3. The van der Waals surface area contributed by atoms with Gasteiger partial charge in [-0.15, -0.1) is 0 Å². The van der Waals surface area contributed by atoms with Crippen LogP contribution in [0.25, 0.3) is 11.3 Å². The number of nitrogens with zero attached hydrogens (tertiary/aromatic N) is 4. The first kappa shape index (κ1) is 20.6. The second kappa shape index (κ2) is 8.21. The molecule has 0 saturated heterocycles. The number of fused-ring (bicyclic) bond motifs is 1. The quantitative estimate of drug-likeness (QED) is 0.443. The van der Waals surface area contributed by atoms with E-state index in [2.05, 4.69) is 15.4 Å². The first-order valence-electron chi connectivity index (χ1n) is 9.34. The zero-order chi connectivity index (χ0) is 22.1. The van der Waals surface area contributed by atoms with E-state index < -0.39 is 36.2 Å². The number of rotatable bonds is 6. The molecule has 10 heteroatoms. The molecule has 1 aromatic carbocycles. The van der Waals surface area contributed by atoms with Crippen molar-refractivity contribution in [3.05, 3.63) is 83.6 Å². The Morgan fingerprint density at radius 3 is 2.29 bits per heavy atom. The Bertz CT molecular complexity index is 1200. The summed E-state index contributed by atoms with van der Waals surface area (Å²) in [6.07, 6.45) is -2.27. The first-order valence-corrected chi connectivity index (χ1v) is 9.34. The fraction of sp³-hybridized carbons (Fsp3) is 0.190. The van der Waals surface area contributed by atoms with E-state index in [1.807, 2.05) is 53.4 Å². The van der Waals surface area contributed by atoms with Crippen molar-refractivity contribution < 1.29 is 22.4 Å². The van der Waals surface area contributed by atoms with Gasteiger partial charge in [0.05, 0.1) is 6.04 Å². The fourth-order valence-corrected chi connectivity index (χ4v) is 3.19. The molecule has 1 amide bonds. The molecule has 0 bridgehead atoms. The summed E-state index contributed by atoms with van der Waals surface area (Å²) in [4.78, 5) is 16.2. The SMILES string of the molecule is CC(NC(=O)c1cc2nc(C(F)F)cc(C(F)F)n2n1)c1ccc(-n2cccc2)cc1. The van der Waals surface area contributed by atoms with Crippen LogP contribution in [0, 0.1) is 0 Å². The van der Waals surface area contributed by atoms with Crippen LogP contribution in [0.1, 0.15) is 53.3 Å². The van der Waals surface area contributed by atoms with Gasteiger partial charge in [-0.1, -0.05) is 12.1 Å². The molecule has 0 saturated carbocycles. The minimum atomic E-state index is -3.06. The van der Waals surface area contributed by atoms with Crippen LogP contribution in [0.3, 0.4) is 0 Å². The Labute approximate surface area is 174 Å². The molecule has 31 heavy (non-hydrogen) atoms. The zero-order valence-corrected chi connectivity index (χ0v) is 16.2. The number of carbonyl (C=O) groups excluding carboxylic acids is 1. The number of nitrogens with one attached hydrogen (secondary N) is 1. The Morgan fingerprint density at radius 2 is 1.68 bits per heavy atom. The van der Waals surface area contributed by atoms with E-state index in [-0.39, 0.29) is 11.3 Å². The molecule has 1 N–H and O–H groups in total. The van der Waals surface area contributed by atoms with Gasteiger partial charge in [0.15, 0.2) is 11.3 Å². The van der Waals surface area contributed by atoms with Crippen LogP contribution in [0.15, 0.2) is 60.9 Å². The third-order valence-corrected chi connectivity index (χ3v) is 4.80. The molecule has 4 aromatic rings. The van der Waals surface area contributed by atoms with Gasteiger partial charge in [-0.3, -0.25) is 4.79 Å². The molecule has 3 aromatic heterocycles. The highest BCUT2D eigenvalue weighted by atomic mass is 19.3. The van der Waals surface area contributed by atoms with Crippen LogP contribution >= 0.6 is 0 Å². The summed E-state index contributed by atoms with van der Waals surface area (Å²) in [5.41, 5.74) is -0.232. The summed E-state index contributed by atoms with van der Waals surface area (Å²) >= 11 is 0. The first-order chi connectivity index (χ1) is 14.8. The second-order valence-electron chi connectivity index (χ2n) is 6.88. The van der Waals surface area contributed by atoms with Crippen LogP contribution in [-0.4, -0.2) is 25.1 Å². The van der Waals surface area contributed by atoms with Crippen molar-refractivity contribution in [2.45, 2.75) is 25.8 Å². The Balaban J connectivity index is 1.56. The number of benzene rings is 1. The van der Waals surface area contributed by atoms with Crippen molar-refractivity contribution in [3.8, 4) is 5.69 Å². The van der Waals surface area contributed by atoms with Crippen LogP contribution < -0.4 is 5.32 Å². The Kier molecular flexibility index (Phi) is 5.45. The molecular formula is C21H17F4N5O. The average Bonchev–Trinajstić information content (AvgIpc) is 3.42. The van der Waals surface area contributed by atoms with E-state index in [0.717, 1.165) is 17.3 Å². The normalized spacial score (nSPS) is 12.6. The van der Waals surface area contributed by atoms with Crippen LogP contribution in [-0.2, 0) is 0 Å². The number of halogens is 4. The molecule has 4 rings (SSSR count). The number of amides is 1. The van der Waals surface area contributed by atoms with Gasteiger partial charge in [-0.05, 0) is 42.8 Å². The maximum atomic E-state index is 13.3. The van der Waals surface area contributed by atoms with Crippen molar-refractivity contribution in [1.29, 1.82) is 0 Å². The van der Waals surface area contributed by atoms with Crippen LogP contribution in [0.5, 0.6) is 0 Å². The van der Waals surface area contributed by atoms with Crippen molar-refractivity contribution in [2.24, 2.45) is 0 Å². The molecule has 1 atom stereocenters. The van der Waals surface area contributed by atoms with Crippen LogP contribution in [0.4, 0.5) is 17.6 Å². The lowest BCUT2D eigenvalue weighted by Crippen LogP contribution is -2.27. The highest BCUT2D eigenvalue weighted by Gasteiger charge is 2.22. The summed E-state index contributed by atoms with van der Waals surface area (Å²) < 4.78 is 55.1. The highest BCUT2D eigenvalue weighted by molar-refractivity contribution is 5.93. The van der Waals surface area contributed by atoms with E-state index >= 15 is 0 Å². The highest BCUT2D eigenvalue weighted by Crippen LogP contribution is 2.25. The predicted octanol–water partition coefficient (Wildman–Crippen LogP) is 4.89. The third-order valence-electron chi connectivity index (χ3n) is 4.80. The van der Waals surface area contributed by atoms with Gasteiger partial charge in [0.2, 0.25) is 0 Å². The summed E-state index contributed by atoms with van der Waals surface area (Å²) in [6.45, 7) is 1.76. The molecule has 0 spiro atoms. The van der Waals surface area contributed by atoms with Gasteiger partial charge in [0.25, 0.3) is 18.8 Å². The number of hydrogen-bond acceptors (Lipinski definition) is 3. The molecule has 6 nitrogen and oxygen atoms in total. The number of hydrogen-bond donors (Lipinski definition) is 1. The van der Waals surface area contributed by atoms with E-state index in [0.29, 0.717) is 10.6 Å². The van der Waals surface area contributed by atoms with Gasteiger partial charge in [0, 0.05) is 24.1 Å². The zero-order valence-electron chi connectivity index (χ0n) is 16.2. The van der Waals surface area contributed by atoms with E-state index in [1.165, 1.54) is 0 Å². The second-order valence-corrected chi connectivity index (χ2v) is 6.88. The van der Waals surface area contributed by atoms with Crippen molar-refractivity contribution in [3.63, 3.8) is 0 Å². The summed E-state index contributed by atoms with van der Waals surface area (Å²) in [5.74, 6) is -0.633. The third kappa shape index (κ3) is 4.14. The molecular weight excluding hydrogens is 414 g/mol. The number of aromatic nitrogens is 4. The smallest absolute Gasteiger partial charge is 0.280 e. The topological polar surface area (TPSA) is 64.2 Å². The van der Waals surface area contributed by atoms with Gasteiger partial charge in [-0.25, -0.2) is 27.1 Å². The lowest BCUT2D eigenvalue weighted by Gasteiger charge is -2.14. The molecule has 0 radical (unpaired) electrons. The monoisotopic (exact) mass is 431 g/mol.